The molecule has 0 radical (unpaired) electrons. The fourth-order valence-electron chi connectivity index (χ4n) is 3.18. The maximum absolute atomic E-state index is 11.7. The SMILES string of the molecule is CN=C(NCc1ccc(S(C)(=O)=O)c(C)c1)NCC1CN(C)CCN1C.I. The Labute approximate surface area is 180 Å². The Kier molecular flexibility index (Phi) is 9.46. The van der Waals surface area contributed by atoms with E-state index in [1.807, 2.05) is 19.1 Å². The molecular weight excluding hydrogens is 477 g/mol. The summed E-state index contributed by atoms with van der Waals surface area (Å²) >= 11 is 0. The van der Waals surface area contributed by atoms with E-state index in [1.54, 1.807) is 13.1 Å². The lowest BCUT2D eigenvalue weighted by Crippen LogP contribution is -2.55. The Balaban J connectivity index is 0.00000364. The van der Waals surface area contributed by atoms with E-state index in [-0.39, 0.29) is 24.0 Å². The molecule has 2 rings (SSSR count). The van der Waals surface area contributed by atoms with Crippen LogP contribution < -0.4 is 10.6 Å². The minimum atomic E-state index is -3.18. The molecule has 0 aliphatic carbocycles. The zero-order valence-corrected chi connectivity index (χ0v) is 20.0. The van der Waals surface area contributed by atoms with E-state index in [2.05, 4.69) is 39.5 Å². The summed E-state index contributed by atoms with van der Waals surface area (Å²) in [5.74, 6) is 0.747. The third-order valence-corrected chi connectivity index (χ3v) is 6.06. The van der Waals surface area contributed by atoms with Crippen molar-refractivity contribution in [1.82, 2.24) is 20.4 Å². The minimum absolute atomic E-state index is 0. The number of guanidine groups is 1. The minimum Gasteiger partial charge on any atom is -0.355 e. The first kappa shape index (κ1) is 24.1. The highest BCUT2D eigenvalue weighted by atomic mass is 127. The van der Waals surface area contributed by atoms with E-state index < -0.39 is 9.84 Å². The average molecular weight is 509 g/mol. The normalized spacial score (nSPS) is 19.4. The molecule has 1 aromatic rings. The van der Waals surface area contributed by atoms with Gasteiger partial charge in [-0.2, -0.15) is 0 Å². The maximum Gasteiger partial charge on any atom is 0.191 e. The third-order valence-electron chi connectivity index (χ3n) is 4.81. The van der Waals surface area contributed by atoms with Gasteiger partial charge in [-0.3, -0.25) is 9.89 Å². The average Bonchev–Trinajstić information content (AvgIpc) is 2.56. The van der Waals surface area contributed by atoms with Crippen LogP contribution in [0, 0.1) is 6.92 Å². The Morgan fingerprint density at radius 3 is 2.56 bits per heavy atom. The van der Waals surface area contributed by atoms with E-state index in [9.17, 15) is 8.42 Å². The van der Waals surface area contributed by atoms with Gasteiger partial charge in [-0.1, -0.05) is 12.1 Å². The molecule has 1 unspecified atom stereocenters. The van der Waals surface area contributed by atoms with Crippen molar-refractivity contribution in [3.05, 3.63) is 29.3 Å². The summed E-state index contributed by atoms with van der Waals surface area (Å²) in [7, 11) is 2.87. The number of halogens is 1. The number of hydrogen-bond donors (Lipinski definition) is 2. The van der Waals surface area contributed by atoms with E-state index >= 15 is 0 Å². The molecule has 1 heterocycles. The molecule has 1 aliphatic heterocycles. The quantitative estimate of drug-likeness (QED) is 0.350. The first-order chi connectivity index (χ1) is 12.2. The van der Waals surface area contributed by atoms with Gasteiger partial charge in [-0.25, -0.2) is 8.42 Å². The van der Waals surface area contributed by atoms with Crippen molar-refractivity contribution >= 4 is 39.8 Å². The summed E-state index contributed by atoms with van der Waals surface area (Å²) in [6.45, 7) is 6.44. The van der Waals surface area contributed by atoms with Gasteiger partial charge in [-0.15, -0.1) is 24.0 Å². The van der Waals surface area contributed by atoms with Gasteiger partial charge in [0.1, 0.15) is 0 Å². The molecule has 2 N–H and O–H groups in total. The van der Waals surface area contributed by atoms with Gasteiger partial charge in [0.2, 0.25) is 0 Å². The van der Waals surface area contributed by atoms with Crippen LogP contribution in [0.4, 0.5) is 0 Å². The lowest BCUT2D eigenvalue weighted by molar-refractivity contribution is 0.116. The number of rotatable bonds is 5. The number of piperazine rings is 1. The van der Waals surface area contributed by atoms with Gasteiger partial charge in [0.25, 0.3) is 0 Å². The number of sulfone groups is 1. The number of aryl methyl sites for hydroxylation is 1. The first-order valence-electron chi connectivity index (χ1n) is 8.83. The molecule has 1 fully saturated rings. The number of nitrogens with zero attached hydrogens (tertiary/aromatic N) is 3. The summed E-state index contributed by atoms with van der Waals surface area (Å²) in [4.78, 5) is 9.37. The van der Waals surface area contributed by atoms with Gasteiger partial charge < -0.3 is 15.5 Å². The highest BCUT2D eigenvalue weighted by Crippen LogP contribution is 2.16. The number of likely N-dealkylation sites (N-methyl/N-ethyl adjacent to an activating group) is 2. The van der Waals surface area contributed by atoms with Crippen molar-refractivity contribution in [1.29, 1.82) is 0 Å². The van der Waals surface area contributed by atoms with Crippen molar-refractivity contribution in [3.8, 4) is 0 Å². The predicted molar refractivity (Wildman–Crippen MR) is 122 cm³/mol. The van der Waals surface area contributed by atoms with Crippen LogP contribution in [0.5, 0.6) is 0 Å². The third kappa shape index (κ3) is 7.20. The van der Waals surface area contributed by atoms with Crippen LogP contribution in [0.2, 0.25) is 0 Å². The number of hydrogen-bond acceptors (Lipinski definition) is 5. The molecule has 0 amide bonds. The second-order valence-electron chi connectivity index (χ2n) is 7.08. The van der Waals surface area contributed by atoms with E-state index in [1.165, 1.54) is 6.26 Å². The van der Waals surface area contributed by atoms with Crippen molar-refractivity contribution in [3.63, 3.8) is 0 Å². The van der Waals surface area contributed by atoms with Crippen LogP contribution in [0.25, 0.3) is 0 Å². The van der Waals surface area contributed by atoms with Crippen molar-refractivity contribution < 1.29 is 8.42 Å². The standard InChI is InChI=1S/C18H31N5O2S.HI/c1-14-10-15(6-7-17(14)26(5,24)25)11-20-18(19-2)21-12-16-13-22(3)8-9-23(16)4;/h6-7,10,16H,8-9,11-13H2,1-5H3,(H2,19,20,21);1H. The predicted octanol–water partition coefficient (Wildman–Crippen LogP) is 0.927. The molecule has 0 spiro atoms. The smallest absolute Gasteiger partial charge is 0.191 e. The van der Waals surface area contributed by atoms with Gasteiger partial charge in [0.15, 0.2) is 15.8 Å². The Morgan fingerprint density at radius 2 is 1.96 bits per heavy atom. The zero-order valence-electron chi connectivity index (χ0n) is 16.8. The second-order valence-corrected chi connectivity index (χ2v) is 9.06. The second kappa shape index (κ2) is 10.6. The van der Waals surface area contributed by atoms with E-state index in [4.69, 9.17) is 0 Å². The molecule has 154 valence electrons. The molecule has 1 atom stereocenters. The fraction of sp³-hybridized carbons (Fsp3) is 0.611. The summed E-state index contributed by atoms with van der Waals surface area (Å²) in [6.07, 6.45) is 1.23. The van der Waals surface area contributed by atoms with Crippen LogP contribution in [0.15, 0.2) is 28.1 Å². The number of benzene rings is 1. The lowest BCUT2D eigenvalue weighted by atomic mass is 10.1. The molecule has 7 nitrogen and oxygen atoms in total. The summed E-state index contributed by atoms with van der Waals surface area (Å²) in [6, 6.07) is 5.86. The van der Waals surface area contributed by atoms with Gasteiger partial charge in [-0.05, 0) is 38.2 Å². The molecule has 0 bridgehead atoms. The first-order valence-corrected chi connectivity index (χ1v) is 10.7. The van der Waals surface area contributed by atoms with Crippen molar-refractivity contribution in [2.75, 3.05) is 53.6 Å². The monoisotopic (exact) mass is 509 g/mol. The van der Waals surface area contributed by atoms with E-state index in [0.29, 0.717) is 17.5 Å². The Bertz CT molecular complexity index is 754. The van der Waals surface area contributed by atoms with Gasteiger partial charge in [0, 0.05) is 52.1 Å². The molecule has 1 aromatic carbocycles. The van der Waals surface area contributed by atoms with Gasteiger partial charge in [0.05, 0.1) is 4.90 Å². The molecule has 1 saturated heterocycles. The molecular formula is C18H32IN5O2S. The molecule has 9 heteroatoms. The van der Waals surface area contributed by atoms with Gasteiger partial charge >= 0.3 is 0 Å². The maximum atomic E-state index is 11.7. The van der Waals surface area contributed by atoms with Crippen molar-refractivity contribution in [2.24, 2.45) is 4.99 Å². The Hall–Kier alpha value is -0.910. The van der Waals surface area contributed by atoms with E-state index in [0.717, 1.165) is 43.3 Å². The summed E-state index contributed by atoms with van der Waals surface area (Å²) in [5.41, 5.74) is 1.79. The molecule has 1 aliphatic rings. The zero-order chi connectivity index (χ0) is 19.3. The summed E-state index contributed by atoms with van der Waals surface area (Å²) < 4.78 is 23.4. The van der Waals surface area contributed by atoms with Crippen molar-refractivity contribution in [2.45, 2.75) is 24.4 Å². The highest BCUT2D eigenvalue weighted by molar-refractivity contribution is 14.0. The molecule has 27 heavy (non-hydrogen) atoms. The Morgan fingerprint density at radius 1 is 1.26 bits per heavy atom. The largest absolute Gasteiger partial charge is 0.355 e. The molecule has 0 saturated carbocycles. The topological polar surface area (TPSA) is 77.0 Å². The number of aliphatic imine (C=N–C) groups is 1. The van der Waals surface area contributed by atoms with Crippen LogP contribution in [-0.4, -0.2) is 83.8 Å². The van der Waals surface area contributed by atoms with Crippen LogP contribution in [0.3, 0.4) is 0 Å². The fourth-order valence-corrected chi connectivity index (χ4v) is 4.14. The molecule has 0 aromatic heterocycles. The highest BCUT2D eigenvalue weighted by Gasteiger charge is 2.22. The lowest BCUT2D eigenvalue weighted by Gasteiger charge is -2.37. The summed E-state index contributed by atoms with van der Waals surface area (Å²) in [5, 5.41) is 6.68. The van der Waals surface area contributed by atoms with Crippen LogP contribution in [-0.2, 0) is 16.4 Å². The van der Waals surface area contributed by atoms with Crippen LogP contribution in [0.1, 0.15) is 11.1 Å². The van der Waals surface area contributed by atoms with Crippen LogP contribution >= 0.6 is 24.0 Å². The number of nitrogens with one attached hydrogen (secondary N) is 2.